The molecule has 54 valence electrons. The molecule has 2 atom stereocenters. The monoisotopic (exact) mass is 129 g/mol. The van der Waals surface area contributed by atoms with Crippen LogP contribution in [0.3, 0.4) is 0 Å². The summed E-state index contributed by atoms with van der Waals surface area (Å²) >= 11 is 0. The predicted octanol–water partition coefficient (Wildman–Crippen LogP) is 0.354. The predicted molar refractivity (Wildman–Crippen MR) is 37.0 cm³/mol. The Kier molecular flexibility index (Phi) is 2.49. The van der Waals surface area contributed by atoms with Gasteiger partial charge in [-0.2, -0.15) is 0 Å². The molecule has 1 fully saturated rings. The van der Waals surface area contributed by atoms with Crippen LogP contribution in [0.5, 0.6) is 0 Å². The Morgan fingerprint density at radius 1 is 1.33 bits per heavy atom. The fraction of sp³-hybridized carbons (Fsp3) is 1.00. The van der Waals surface area contributed by atoms with Crippen molar-refractivity contribution < 1.29 is 5.11 Å². The van der Waals surface area contributed by atoms with E-state index in [0.29, 0.717) is 18.4 Å². The molecule has 1 aliphatic rings. The summed E-state index contributed by atoms with van der Waals surface area (Å²) in [5.74, 6) is 1.25. The molecule has 1 saturated carbocycles. The summed E-state index contributed by atoms with van der Waals surface area (Å²) in [7, 11) is 0. The zero-order chi connectivity index (χ0) is 6.69. The van der Waals surface area contributed by atoms with E-state index in [1.807, 2.05) is 0 Å². The molecule has 9 heavy (non-hydrogen) atoms. The molecule has 2 heteroatoms. The minimum absolute atomic E-state index is 0.358. The van der Waals surface area contributed by atoms with E-state index < -0.39 is 0 Å². The van der Waals surface area contributed by atoms with E-state index in [-0.39, 0.29) is 0 Å². The molecule has 0 amide bonds. The molecule has 1 aliphatic carbocycles. The van der Waals surface area contributed by atoms with Gasteiger partial charge in [-0.15, -0.1) is 0 Å². The van der Waals surface area contributed by atoms with Gasteiger partial charge in [0.1, 0.15) is 0 Å². The van der Waals surface area contributed by atoms with Gasteiger partial charge in [0.2, 0.25) is 0 Å². The van der Waals surface area contributed by atoms with Gasteiger partial charge in [-0.1, -0.05) is 0 Å². The van der Waals surface area contributed by atoms with Crippen molar-refractivity contribution in [1.29, 1.82) is 0 Å². The lowest BCUT2D eigenvalue weighted by atomic mass is 10.1. The summed E-state index contributed by atoms with van der Waals surface area (Å²) in [6, 6.07) is 0. The van der Waals surface area contributed by atoms with E-state index in [2.05, 4.69) is 0 Å². The normalized spacial score (nSPS) is 35.3. The van der Waals surface area contributed by atoms with Crippen molar-refractivity contribution in [3.8, 4) is 0 Å². The number of hydrogen-bond acceptors (Lipinski definition) is 2. The molecule has 0 bridgehead atoms. The number of rotatable bonds is 2. The summed E-state index contributed by atoms with van der Waals surface area (Å²) in [5.41, 5.74) is 5.47. The smallest absolute Gasteiger partial charge is 0.0459 e. The number of aliphatic hydroxyl groups excluding tert-OH is 1. The maximum atomic E-state index is 8.74. The third-order valence-electron chi connectivity index (χ3n) is 2.24. The molecule has 2 nitrogen and oxygen atoms in total. The zero-order valence-corrected chi connectivity index (χ0v) is 5.71. The molecule has 0 aliphatic heterocycles. The van der Waals surface area contributed by atoms with E-state index in [0.717, 1.165) is 13.0 Å². The summed E-state index contributed by atoms with van der Waals surface area (Å²) in [6.45, 7) is 1.16. The maximum Gasteiger partial charge on any atom is 0.0459 e. The molecule has 3 N–H and O–H groups in total. The van der Waals surface area contributed by atoms with Gasteiger partial charge in [0.25, 0.3) is 0 Å². The standard InChI is InChI=1S/C7H15NO/c8-4-6-1-2-7(3-6)5-9/h6-7,9H,1-5,8H2/t6-,7-/m0/s1. The maximum absolute atomic E-state index is 8.74. The second-order valence-electron chi connectivity index (χ2n) is 2.96. The Morgan fingerprint density at radius 3 is 2.33 bits per heavy atom. The minimum atomic E-state index is 0.358. The highest BCUT2D eigenvalue weighted by atomic mass is 16.3. The Balaban J connectivity index is 2.20. The molecule has 0 aromatic carbocycles. The van der Waals surface area contributed by atoms with Crippen molar-refractivity contribution in [3.63, 3.8) is 0 Å². The molecular formula is C7H15NO. The fourth-order valence-electron chi connectivity index (χ4n) is 1.56. The number of hydrogen-bond donors (Lipinski definition) is 2. The van der Waals surface area contributed by atoms with Crippen LogP contribution >= 0.6 is 0 Å². The lowest BCUT2D eigenvalue weighted by Crippen LogP contribution is -2.11. The molecule has 0 unspecified atom stereocenters. The van der Waals surface area contributed by atoms with E-state index >= 15 is 0 Å². The topological polar surface area (TPSA) is 46.2 Å². The summed E-state index contributed by atoms with van der Waals surface area (Å²) in [4.78, 5) is 0. The van der Waals surface area contributed by atoms with Crippen LogP contribution in [-0.2, 0) is 0 Å². The van der Waals surface area contributed by atoms with Crippen molar-refractivity contribution in [1.82, 2.24) is 0 Å². The molecular weight excluding hydrogens is 114 g/mol. The summed E-state index contributed by atoms with van der Waals surface area (Å²) in [6.07, 6.45) is 3.55. The van der Waals surface area contributed by atoms with Gasteiger partial charge in [-0.05, 0) is 37.6 Å². The fourth-order valence-corrected chi connectivity index (χ4v) is 1.56. The summed E-state index contributed by atoms with van der Waals surface area (Å²) < 4.78 is 0. The second-order valence-corrected chi connectivity index (χ2v) is 2.96. The van der Waals surface area contributed by atoms with Crippen molar-refractivity contribution in [3.05, 3.63) is 0 Å². The van der Waals surface area contributed by atoms with E-state index in [1.54, 1.807) is 0 Å². The highest BCUT2D eigenvalue weighted by molar-refractivity contribution is 4.74. The quantitative estimate of drug-likeness (QED) is 0.565. The van der Waals surface area contributed by atoms with Gasteiger partial charge < -0.3 is 10.8 Å². The number of nitrogens with two attached hydrogens (primary N) is 1. The van der Waals surface area contributed by atoms with Crippen molar-refractivity contribution in [2.45, 2.75) is 19.3 Å². The second kappa shape index (κ2) is 3.18. The van der Waals surface area contributed by atoms with Crippen LogP contribution in [0.2, 0.25) is 0 Å². The molecule has 0 aromatic heterocycles. The Morgan fingerprint density at radius 2 is 2.00 bits per heavy atom. The lowest BCUT2D eigenvalue weighted by molar-refractivity contribution is 0.226. The van der Waals surface area contributed by atoms with Crippen molar-refractivity contribution in [2.75, 3.05) is 13.2 Å². The number of aliphatic hydroxyl groups is 1. The van der Waals surface area contributed by atoms with Crippen LogP contribution in [-0.4, -0.2) is 18.3 Å². The first-order chi connectivity index (χ1) is 4.36. The average molecular weight is 129 g/mol. The largest absolute Gasteiger partial charge is 0.396 e. The SMILES string of the molecule is NC[C@H]1CC[C@H](CO)C1. The van der Waals surface area contributed by atoms with Crippen LogP contribution in [0.25, 0.3) is 0 Å². The Labute approximate surface area is 56.1 Å². The zero-order valence-electron chi connectivity index (χ0n) is 5.71. The van der Waals surface area contributed by atoms with Crippen LogP contribution in [0, 0.1) is 11.8 Å². The molecule has 0 radical (unpaired) electrons. The minimum Gasteiger partial charge on any atom is -0.396 e. The van der Waals surface area contributed by atoms with Crippen LogP contribution in [0.15, 0.2) is 0 Å². The summed E-state index contributed by atoms with van der Waals surface area (Å²) in [5, 5.41) is 8.74. The van der Waals surface area contributed by atoms with Crippen LogP contribution in [0.1, 0.15) is 19.3 Å². The van der Waals surface area contributed by atoms with Gasteiger partial charge in [0, 0.05) is 6.61 Å². The molecule has 0 saturated heterocycles. The third-order valence-corrected chi connectivity index (χ3v) is 2.24. The molecule has 1 rings (SSSR count). The van der Waals surface area contributed by atoms with Crippen LogP contribution < -0.4 is 5.73 Å². The van der Waals surface area contributed by atoms with Crippen molar-refractivity contribution in [2.24, 2.45) is 17.6 Å². The van der Waals surface area contributed by atoms with E-state index in [4.69, 9.17) is 10.8 Å². The highest BCUT2D eigenvalue weighted by Gasteiger charge is 2.22. The Hall–Kier alpha value is -0.0800. The van der Waals surface area contributed by atoms with E-state index in [1.165, 1.54) is 12.8 Å². The lowest BCUT2D eigenvalue weighted by Gasteiger charge is -2.04. The van der Waals surface area contributed by atoms with E-state index in [9.17, 15) is 0 Å². The molecule has 0 aromatic rings. The van der Waals surface area contributed by atoms with Gasteiger partial charge in [0.05, 0.1) is 0 Å². The van der Waals surface area contributed by atoms with Crippen LogP contribution in [0.4, 0.5) is 0 Å². The van der Waals surface area contributed by atoms with Gasteiger partial charge in [0.15, 0.2) is 0 Å². The first-order valence-electron chi connectivity index (χ1n) is 3.67. The van der Waals surface area contributed by atoms with Gasteiger partial charge in [-0.3, -0.25) is 0 Å². The third kappa shape index (κ3) is 1.66. The first-order valence-corrected chi connectivity index (χ1v) is 3.67. The highest BCUT2D eigenvalue weighted by Crippen LogP contribution is 2.29. The van der Waals surface area contributed by atoms with Crippen molar-refractivity contribution >= 4 is 0 Å². The first kappa shape index (κ1) is 7.03. The Bertz CT molecular complexity index is 75.0. The molecule has 0 spiro atoms. The molecule has 0 heterocycles. The van der Waals surface area contributed by atoms with Gasteiger partial charge >= 0.3 is 0 Å². The average Bonchev–Trinajstić information content (AvgIpc) is 2.34. The van der Waals surface area contributed by atoms with Gasteiger partial charge in [-0.25, -0.2) is 0 Å².